The molecule has 0 unspecified atom stereocenters. The number of amides is 1. The number of hydrogen-bond donors (Lipinski definition) is 1. The first-order valence-corrected chi connectivity index (χ1v) is 13.7. The Bertz CT molecular complexity index is 976. The lowest BCUT2D eigenvalue weighted by molar-refractivity contribution is -0.331. The minimum atomic E-state index is -1.41. The molecule has 10 atom stereocenters. The molecule has 0 aromatic heterocycles. The van der Waals surface area contributed by atoms with E-state index in [0.29, 0.717) is 5.75 Å². The van der Waals surface area contributed by atoms with Gasteiger partial charge in [0.05, 0.1) is 18.0 Å². The van der Waals surface area contributed by atoms with E-state index >= 15 is 0 Å². The summed E-state index contributed by atoms with van der Waals surface area (Å²) in [4.78, 5) is 60.0. The second-order valence-corrected chi connectivity index (χ2v) is 10.6. The van der Waals surface area contributed by atoms with Crippen molar-refractivity contribution in [3.05, 3.63) is 12.7 Å². The van der Waals surface area contributed by atoms with Crippen LogP contribution in [0.15, 0.2) is 12.7 Å². The minimum Gasteiger partial charge on any atom is -0.463 e. The van der Waals surface area contributed by atoms with Gasteiger partial charge in [0.15, 0.2) is 30.9 Å². The van der Waals surface area contributed by atoms with Crippen molar-refractivity contribution < 1.29 is 61.9 Å². The molecule has 40 heavy (non-hydrogen) atoms. The Kier molecular flexibility index (Phi) is 11.3. The van der Waals surface area contributed by atoms with Gasteiger partial charge >= 0.3 is 23.9 Å². The maximum atomic E-state index is 12.2. The largest absolute Gasteiger partial charge is 0.463 e. The molecule has 3 rings (SSSR count). The van der Waals surface area contributed by atoms with E-state index in [-0.39, 0.29) is 23.9 Å². The van der Waals surface area contributed by atoms with Crippen molar-refractivity contribution in [1.29, 1.82) is 0 Å². The molecule has 1 amide bonds. The molecule has 0 aromatic carbocycles. The first-order chi connectivity index (χ1) is 18.9. The molecule has 1 N–H and O–H groups in total. The number of ether oxygens (including phenoxy) is 8. The van der Waals surface area contributed by atoms with Crippen LogP contribution in [-0.2, 0) is 61.9 Å². The predicted octanol–water partition coefficient (Wildman–Crippen LogP) is 0.00230. The summed E-state index contributed by atoms with van der Waals surface area (Å²) in [5.41, 5.74) is 0. The van der Waals surface area contributed by atoms with Gasteiger partial charge in [0.1, 0.15) is 24.9 Å². The summed E-state index contributed by atoms with van der Waals surface area (Å²) in [6.07, 6.45) is -7.15. The molecule has 15 heteroatoms. The van der Waals surface area contributed by atoms with Crippen LogP contribution in [0.1, 0.15) is 34.6 Å². The van der Waals surface area contributed by atoms with E-state index < -0.39 is 79.6 Å². The smallest absolute Gasteiger partial charge is 0.303 e. The van der Waals surface area contributed by atoms with Crippen molar-refractivity contribution in [2.45, 2.75) is 95.1 Å². The third-order valence-electron chi connectivity index (χ3n) is 6.09. The fraction of sp³-hybridized carbons (Fsp3) is 0.720. The monoisotopic (exact) mass is 589 g/mol. The van der Waals surface area contributed by atoms with Gasteiger partial charge in [-0.15, -0.1) is 6.58 Å². The highest BCUT2D eigenvalue weighted by atomic mass is 32.2. The highest BCUT2D eigenvalue weighted by Crippen LogP contribution is 2.43. The zero-order valence-electron chi connectivity index (χ0n) is 22.9. The second-order valence-electron chi connectivity index (χ2n) is 9.36. The van der Waals surface area contributed by atoms with Crippen LogP contribution in [-0.4, -0.2) is 109 Å². The lowest BCUT2D eigenvalue weighted by atomic mass is 9.96. The first-order valence-electron chi connectivity index (χ1n) is 12.6. The molecule has 0 saturated carbocycles. The minimum absolute atomic E-state index is 0.136. The van der Waals surface area contributed by atoms with Crippen LogP contribution < -0.4 is 5.32 Å². The van der Waals surface area contributed by atoms with Gasteiger partial charge in [-0.25, -0.2) is 0 Å². The zero-order valence-corrected chi connectivity index (χ0v) is 23.7. The Morgan fingerprint density at radius 2 is 1.48 bits per heavy atom. The van der Waals surface area contributed by atoms with Crippen LogP contribution in [0.4, 0.5) is 0 Å². The Labute approximate surface area is 235 Å². The summed E-state index contributed by atoms with van der Waals surface area (Å²) in [5, 5.41) is 2.53. The highest BCUT2D eigenvalue weighted by molar-refractivity contribution is 8.01. The highest BCUT2D eigenvalue weighted by Gasteiger charge is 2.57. The average Bonchev–Trinajstić information content (AvgIpc) is 2.82. The fourth-order valence-electron chi connectivity index (χ4n) is 4.63. The van der Waals surface area contributed by atoms with E-state index in [9.17, 15) is 24.0 Å². The molecule has 0 radical (unpaired) electrons. The normalized spacial score (nSPS) is 34.7. The third-order valence-corrected chi connectivity index (χ3v) is 7.56. The van der Waals surface area contributed by atoms with Crippen LogP contribution in [0.3, 0.4) is 0 Å². The van der Waals surface area contributed by atoms with Crippen molar-refractivity contribution in [3.8, 4) is 0 Å². The molecule has 3 saturated heterocycles. The maximum absolute atomic E-state index is 12.2. The predicted molar refractivity (Wildman–Crippen MR) is 135 cm³/mol. The van der Waals surface area contributed by atoms with Gasteiger partial charge in [0.2, 0.25) is 5.91 Å². The van der Waals surface area contributed by atoms with Crippen molar-refractivity contribution in [2.75, 3.05) is 19.0 Å². The van der Waals surface area contributed by atoms with E-state index in [4.69, 9.17) is 37.9 Å². The Morgan fingerprint density at radius 1 is 0.850 bits per heavy atom. The molecule has 0 spiro atoms. The lowest BCUT2D eigenvalue weighted by Crippen LogP contribution is -2.70. The topological polar surface area (TPSA) is 171 Å². The number of nitrogens with one attached hydrogen (secondary N) is 1. The first kappa shape index (κ1) is 31.8. The van der Waals surface area contributed by atoms with Gasteiger partial charge in [0.25, 0.3) is 0 Å². The molecular formula is C25H35NO13S. The summed E-state index contributed by atoms with van der Waals surface area (Å²) in [7, 11) is 0. The van der Waals surface area contributed by atoms with Gasteiger partial charge in [-0.3, -0.25) is 24.0 Å². The number of carbonyl (C=O) groups is 5. The number of fused-ring (bicyclic) bond motifs is 1. The van der Waals surface area contributed by atoms with Crippen LogP contribution in [0.5, 0.6) is 0 Å². The van der Waals surface area contributed by atoms with Gasteiger partial charge in [-0.05, 0) is 0 Å². The van der Waals surface area contributed by atoms with E-state index in [1.165, 1.54) is 31.7 Å². The van der Waals surface area contributed by atoms with Crippen LogP contribution in [0.25, 0.3) is 0 Å². The van der Waals surface area contributed by atoms with Gasteiger partial charge in [0, 0.05) is 40.4 Å². The molecular weight excluding hydrogens is 554 g/mol. The van der Waals surface area contributed by atoms with Crippen molar-refractivity contribution in [2.24, 2.45) is 0 Å². The van der Waals surface area contributed by atoms with E-state index in [1.807, 2.05) is 0 Å². The maximum Gasteiger partial charge on any atom is 0.303 e. The standard InChI is InChI=1S/C25H35NO13S/c1-7-8-32-24-18(26-11(2)27)20(23-17(38-24)10-40-23)39-25-22(36-15(6)31)21(35-14(5)30)19(34-13(4)29)16(37-25)9-33-12(3)28/h7,16-25H,1,8-10H2,2-6H3,(H,26,27)/t16-,17-,18-,19+,20-,21+,22-,23+,24+,25+/m1/s1. The summed E-state index contributed by atoms with van der Waals surface area (Å²) in [6, 6.07) is -0.821. The molecule has 0 aromatic rings. The van der Waals surface area contributed by atoms with E-state index in [0.717, 1.165) is 20.8 Å². The summed E-state index contributed by atoms with van der Waals surface area (Å²) < 4.78 is 45.8. The average molecular weight is 590 g/mol. The van der Waals surface area contributed by atoms with Crippen molar-refractivity contribution >= 4 is 41.5 Å². The molecule has 14 nitrogen and oxygen atoms in total. The van der Waals surface area contributed by atoms with Crippen LogP contribution in [0.2, 0.25) is 0 Å². The molecule has 3 fully saturated rings. The number of carbonyl (C=O) groups excluding carboxylic acids is 5. The van der Waals surface area contributed by atoms with Crippen molar-refractivity contribution in [1.82, 2.24) is 5.32 Å². The number of thioether (sulfide) groups is 1. The quantitative estimate of drug-likeness (QED) is 0.194. The summed E-state index contributed by atoms with van der Waals surface area (Å²) in [6.45, 7) is 9.29. The number of rotatable bonds is 11. The second kappa shape index (κ2) is 14.3. The Balaban J connectivity index is 2.00. The Hall–Kier alpha value is -2.72. The SMILES string of the molecule is C=CCO[C@H]1O[C@@H]2CS[C@@H]2[C@H](O[C@@H]2O[C@H](COC(C)=O)[C@H](OC(C)=O)[C@H](OC(C)=O)[C@H]2OC(C)=O)[C@H]1NC(C)=O. The fourth-order valence-corrected chi connectivity index (χ4v) is 5.77. The molecule has 3 aliphatic rings. The van der Waals surface area contributed by atoms with Crippen LogP contribution >= 0.6 is 11.8 Å². The third kappa shape index (κ3) is 8.16. The van der Waals surface area contributed by atoms with E-state index in [1.54, 1.807) is 0 Å². The number of esters is 4. The zero-order chi connectivity index (χ0) is 29.6. The lowest BCUT2D eigenvalue weighted by Gasteiger charge is -2.53. The van der Waals surface area contributed by atoms with Gasteiger partial charge in [-0.1, -0.05) is 6.08 Å². The molecule has 0 bridgehead atoms. The van der Waals surface area contributed by atoms with E-state index in [2.05, 4.69) is 11.9 Å². The number of hydrogen-bond acceptors (Lipinski definition) is 14. The Morgan fingerprint density at radius 3 is 2.00 bits per heavy atom. The summed E-state index contributed by atoms with van der Waals surface area (Å²) in [5.74, 6) is -2.64. The molecule has 3 heterocycles. The van der Waals surface area contributed by atoms with Crippen LogP contribution in [0, 0.1) is 0 Å². The molecule has 0 aliphatic carbocycles. The summed E-state index contributed by atoms with van der Waals surface area (Å²) >= 11 is 1.53. The van der Waals surface area contributed by atoms with Gasteiger partial charge < -0.3 is 43.2 Å². The van der Waals surface area contributed by atoms with Crippen molar-refractivity contribution in [3.63, 3.8) is 0 Å². The molecule has 3 aliphatic heterocycles. The van der Waals surface area contributed by atoms with Gasteiger partial charge in [-0.2, -0.15) is 11.8 Å². The molecule has 224 valence electrons.